The topological polar surface area (TPSA) is 69.6 Å². The Morgan fingerprint density at radius 2 is 1.90 bits per heavy atom. The number of hydrogen-bond acceptors (Lipinski definition) is 2. The molecule has 0 bridgehead atoms. The van der Waals surface area contributed by atoms with Crippen LogP contribution >= 0.6 is 0 Å². The van der Waals surface area contributed by atoms with Crippen molar-refractivity contribution in [3.63, 3.8) is 0 Å². The van der Waals surface area contributed by atoms with Crippen LogP contribution in [-0.2, 0) is 4.79 Å². The summed E-state index contributed by atoms with van der Waals surface area (Å²) in [6.45, 7) is 4.44. The first-order valence-electron chi connectivity index (χ1n) is 7.34. The molecule has 21 heavy (non-hydrogen) atoms. The lowest BCUT2D eigenvalue weighted by atomic mass is 9.74. The fourth-order valence-corrected chi connectivity index (χ4v) is 2.70. The van der Waals surface area contributed by atoms with Crippen molar-refractivity contribution in [3.05, 3.63) is 29.8 Å². The van der Waals surface area contributed by atoms with Crippen LogP contribution in [-0.4, -0.2) is 29.2 Å². The highest BCUT2D eigenvalue weighted by Gasteiger charge is 2.41. The van der Waals surface area contributed by atoms with Crippen molar-refractivity contribution >= 4 is 17.7 Å². The molecule has 0 spiro atoms. The molecule has 0 saturated heterocycles. The summed E-state index contributed by atoms with van der Waals surface area (Å²) in [7, 11) is 0. The van der Waals surface area contributed by atoms with Crippen LogP contribution in [0.5, 0.6) is 0 Å². The van der Waals surface area contributed by atoms with E-state index >= 15 is 0 Å². The summed E-state index contributed by atoms with van der Waals surface area (Å²) in [5, 5.41) is 11.9. The minimum atomic E-state index is -0.867. The Hall–Kier alpha value is -2.04. The number of rotatable bonds is 5. The molecule has 1 aromatic carbocycles. The zero-order valence-corrected chi connectivity index (χ0v) is 12.6. The Balaban J connectivity index is 2.09. The third kappa shape index (κ3) is 3.54. The average molecular weight is 290 g/mol. The first-order chi connectivity index (χ1) is 9.96. The van der Waals surface area contributed by atoms with Crippen molar-refractivity contribution in [2.24, 2.45) is 0 Å². The van der Waals surface area contributed by atoms with Crippen LogP contribution in [0.1, 0.15) is 38.2 Å². The number of benzene rings is 1. The number of anilines is 1. The lowest BCUT2D eigenvalue weighted by molar-refractivity contribution is -0.139. The van der Waals surface area contributed by atoms with Gasteiger partial charge >= 0.3 is 12.0 Å². The first-order valence-corrected chi connectivity index (χ1v) is 7.34. The van der Waals surface area contributed by atoms with Gasteiger partial charge in [-0.2, -0.15) is 0 Å². The molecule has 0 radical (unpaired) electrons. The van der Waals surface area contributed by atoms with Gasteiger partial charge in [0.05, 0.1) is 12.0 Å². The summed E-state index contributed by atoms with van der Waals surface area (Å²) < 4.78 is 0. The van der Waals surface area contributed by atoms with Crippen molar-refractivity contribution < 1.29 is 14.7 Å². The molecule has 2 rings (SSSR count). The molecule has 114 valence electrons. The maximum atomic E-state index is 12.5. The van der Waals surface area contributed by atoms with Crippen LogP contribution in [0, 0.1) is 6.92 Å². The molecule has 0 unspecified atom stereocenters. The largest absolute Gasteiger partial charge is 0.481 e. The molecule has 2 amide bonds. The molecule has 1 aliphatic carbocycles. The van der Waals surface area contributed by atoms with E-state index < -0.39 is 11.5 Å². The number of carbonyl (C=O) groups is 2. The third-order valence-corrected chi connectivity index (χ3v) is 4.08. The molecule has 1 aromatic rings. The van der Waals surface area contributed by atoms with E-state index in [9.17, 15) is 9.59 Å². The number of nitrogens with one attached hydrogen (secondary N) is 1. The molecule has 1 aliphatic rings. The minimum Gasteiger partial charge on any atom is -0.481 e. The molecule has 0 atom stereocenters. The quantitative estimate of drug-likeness (QED) is 0.876. The van der Waals surface area contributed by atoms with Gasteiger partial charge in [0.15, 0.2) is 0 Å². The molecule has 0 heterocycles. The molecule has 1 saturated carbocycles. The summed E-state index contributed by atoms with van der Waals surface area (Å²) in [5.41, 5.74) is 1.39. The number of amides is 2. The first kappa shape index (κ1) is 15.4. The number of carbonyl (C=O) groups excluding carboxylic acids is 1. The van der Waals surface area contributed by atoms with Crippen LogP contribution < -0.4 is 10.2 Å². The van der Waals surface area contributed by atoms with Gasteiger partial charge in [-0.1, -0.05) is 17.7 Å². The molecule has 2 N–H and O–H groups in total. The van der Waals surface area contributed by atoms with Crippen LogP contribution in [0.15, 0.2) is 24.3 Å². The van der Waals surface area contributed by atoms with E-state index in [0.717, 1.165) is 30.5 Å². The van der Waals surface area contributed by atoms with Crippen molar-refractivity contribution in [1.82, 2.24) is 5.32 Å². The number of urea groups is 1. The molecule has 0 aromatic heterocycles. The highest BCUT2D eigenvalue weighted by Crippen LogP contribution is 2.35. The average Bonchev–Trinajstić information content (AvgIpc) is 2.38. The minimum absolute atomic E-state index is 0.00973. The van der Waals surface area contributed by atoms with E-state index in [-0.39, 0.29) is 12.5 Å². The standard InChI is InChI=1S/C16H22N2O3/c1-3-18(13-7-5-12(2)6-8-13)15(21)17-16(9-4-10-16)11-14(19)20/h5-8H,3-4,9-11H2,1-2H3,(H,17,21)(H,19,20). The Morgan fingerprint density at radius 3 is 2.33 bits per heavy atom. The van der Waals surface area contributed by atoms with E-state index in [4.69, 9.17) is 5.11 Å². The Kier molecular flexibility index (Phi) is 4.50. The number of carboxylic acids is 1. The van der Waals surface area contributed by atoms with E-state index in [0.29, 0.717) is 6.54 Å². The third-order valence-electron chi connectivity index (χ3n) is 4.08. The predicted octanol–water partition coefficient (Wildman–Crippen LogP) is 2.93. The van der Waals surface area contributed by atoms with Crippen LogP contribution in [0.3, 0.4) is 0 Å². The summed E-state index contributed by atoms with van der Waals surface area (Å²) in [4.78, 5) is 25.1. The van der Waals surface area contributed by atoms with Gasteiger partial charge in [-0.25, -0.2) is 4.79 Å². The second kappa shape index (κ2) is 6.16. The van der Waals surface area contributed by atoms with Gasteiger partial charge in [-0.3, -0.25) is 9.69 Å². The molecule has 5 nitrogen and oxygen atoms in total. The molecular weight excluding hydrogens is 268 g/mol. The maximum Gasteiger partial charge on any atom is 0.322 e. The van der Waals surface area contributed by atoms with Gasteiger partial charge in [0, 0.05) is 12.2 Å². The van der Waals surface area contributed by atoms with Crippen molar-refractivity contribution in [3.8, 4) is 0 Å². The molecule has 0 aliphatic heterocycles. The van der Waals surface area contributed by atoms with E-state index in [2.05, 4.69) is 5.32 Å². The Labute approximate surface area is 125 Å². The van der Waals surface area contributed by atoms with Gasteiger partial charge in [-0.15, -0.1) is 0 Å². The normalized spacial score (nSPS) is 15.9. The summed E-state index contributed by atoms with van der Waals surface area (Å²) in [5.74, 6) is -0.867. The van der Waals surface area contributed by atoms with Gasteiger partial charge in [-0.05, 0) is 45.2 Å². The lowest BCUT2D eigenvalue weighted by Gasteiger charge is -2.42. The smallest absolute Gasteiger partial charge is 0.322 e. The summed E-state index contributed by atoms with van der Waals surface area (Å²) >= 11 is 0. The number of nitrogens with zero attached hydrogens (tertiary/aromatic N) is 1. The maximum absolute atomic E-state index is 12.5. The van der Waals surface area contributed by atoms with Gasteiger partial charge < -0.3 is 10.4 Å². The lowest BCUT2D eigenvalue weighted by Crippen LogP contribution is -2.58. The fraction of sp³-hybridized carbons (Fsp3) is 0.500. The second-order valence-electron chi connectivity index (χ2n) is 5.71. The SMILES string of the molecule is CCN(C(=O)NC1(CC(=O)O)CCC1)c1ccc(C)cc1. The van der Waals surface area contributed by atoms with E-state index in [1.807, 2.05) is 38.1 Å². The predicted molar refractivity (Wildman–Crippen MR) is 81.6 cm³/mol. The van der Waals surface area contributed by atoms with Gasteiger partial charge in [0.2, 0.25) is 0 Å². The fourth-order valence-electron chi connectivity index (χ4n) is 2.70. The van der Waals surface area contributed by atoms with Crippen LogP contribution in [0.2, 0.25) is 0 Å². The number of hydrogen-bond donors (Lipinski definition) is 2. The number of aliphatic carboxylic acids is 1. The van der Waals surface area contributed by atoms with Crippen molar-refractivity contribution in [2.45, 2.75) is 45.1 Å². The highest BCUT2D eigenvalue weighted by molar-refractivity contribution is 5.92. The van der Waals surface area contributed by atoms with Crippen molar-refractivity contribution in [2.75, 3.05) is 11.4 Å². The zero-order chi connectivity index (χ0) is 15.5. The van der Waals surface area contributed by atoms with Crippen molar-refractivity contribution in [1.29, 1.82) is 0 Å². The van der Waals surface area contributed by atoms with Gasteiger partial charge in [0.1, 0.15) is 0 Å². The Bertz CT molecular complexity index is 521. The second-order valence-corrected chi connectivity index (χ2v) is 5.71. The Morgan fingerprint density at radius 1 is 1.29 bits per heavy atom. The highest BCUT2D eigenvalue weighted by atomic mass is 16.4. The molecule has 1 fully saturated rings. The van der Waals surface area contributed by atoms with E-state index in [1.165, 1.54) is 0 Å². The monoisotopic (exact) mass is 290 g/mol. The van der Waals surface area contributed by atoms with E-state index in [1.54, 1.807) is 4.90 Å². The number of aryl methyl sites for hydroxylation is 1. The molecule has 5 heteroatoms. The summed E-state index contributed by atoms with van der Waals surface area (Å²) in [6, 6.07) is 7.51. The molecular formula is C16H22N2O3. The zero-order valence-electron chi connectivity index (χ0n) is 12.6. The van der Waals surface area contributed by atoms with Gasteiger partial charge in [0.25, 0.3) is 0 Å². The summed E-state index contributed by atoms with van der Waals surface area (Å²) in [6.07, 6.45) is 2.42. The number of carboxylic acid groups (broad SMARTS) is 1. The van der Waals surface area contributed by atoms with Crippen LogP contribution in [0.4, 0.5) is 10.5 Å². The van der Waals surface area contributed by atoms with Crippen LogP contribution in [0.25, 0.3) is 0 Å².